The summed E-state index contributed by atoms with van der Waals surface area (Å²) in [5, 5.41) is 20.4. The molecule has 0 aliphatic carbocycles. The van der Waals surface area contributed by atoms with Gasteiger partial charge in [-0.3, -0.25) is 19.2 Å². The average molecular weight is 716 g/mol. The molecule has 1 aliphatic rings. The normalized spacial score (nSPS) is 24.3. The molecule has 1 aliphatic heterocycles. The first-order valence-electron chi connectivity index (χ1n) is 18.6. The van der Waals surface area contributed by atoms with Gasteiger partial charge in [0.15, 0.2) is 0 Å². The molecule has 1 aromatic heterocycles. The number of carbonyl (C=O) groups excluding carboxylic acids is 4. The van der Waals surface area contributed by atoms with E-state index in [1.165, 1.54) is 17.0 Å². The summed E-state index contributed by atoms with van der Waals surface area (Å²) in [6.45, 7) is 10.6. The number of phenolic OH excluding ortho intramolecular Hbond substituents is 1. The molecule has 3 aromatic rings. The maximum atomic E-state index is 14.5. The van der Waals surface area contributed by atoms with Gasteiger partial charge in [0.2, 0.25) is 17.7 Å². The standard InChI is InChI=1S/C41H57N5O6/c1-26(2)42-21-10-9-16-35-41(51)46(6)37(23-31-25-43-34-15-8-7-14-33(31)34)40(50)45-36(30-17-19-32(47)20-18-30)24-38(48)52-29(5)13-11-12-27(3)22-28(4)39(49)44-35/h7-8,12,14-15,17-20,25-26,28-29,35-37,42-43,47H,9-11,13,16,21-24H2,1-6H3,(H,44,49)(H,45,50)/b27-12+/t28-,29-,35-,36+,37+/m0/s1. The molecule has 2 heterocycles. The third kappa shape index (κ3) is 11.7. The van der Waals surface area contributed by atoms with E-state index >= 15 is 0 Å². The Hall–Kier alpha value is -4.64. The third-order valence-electron chi connectivity index (χ3n) is 9.75. The Morgan fingerprint density at radius 3 is 2.42 bits per heavy atom. The van der Waals surface area contributed by atoms with Crippen LogP contribution in [0, 0.1) is 5.92 Å². The monoisotopic (exact) mass is 715 g/mol. The lowest BCUT2D eigenvalue weighted by Gasteiger charge is -2.32. The van der Waals surface area contributed by atoms with Crippen LogP contribution in [0.25, 0.3) is 10.9 Å². The highest BCUT2D eigenvalue weighted by Crippen LogP contribution is 2.25. The number of nitrogens with zero attached hydrogens (tertiary/aromatic N) is 1. The van der Waals surface area contributed by atoms with Gasteiger partial charge in [0.25, 0.3) is 0 Å². The molecular weight excluding hydrogens is 658 g/mol. The van der Waals surface area contributed by atoms with Crippen LogP contribution in [0.1, 0.15) is 96.7 Å². The fourth-order valence-electron chi connectivity index (χ4n) is 6.70. The second-order valence-corrected chi connectivity index (χ2v) is 14.6. The first kappa shape index (κ1) is 40.1. The van der Waals surface area contributed by atoms with E-state index in [9.17, 15) is 24.3 Å². The number of ether oxygens (including phenoxy) is 1. The predicted octanol–water partition coefficient (Wildman–Crippen LogP) is 5.84. The maximum absolute atomic E-state index is 14.5. The zero-order chi connectivity index (χ0) is 37.8. The summed E-state index contributed by atoms with van der Waals surface area (Å²) in [5.41, 5.74) is 3.40. The van der Waals surface area contributed by atoms with E-state index in [0.29, 0.717) is 43.7 Å². The molecule has 0 saturated heterocycles. The molecule has 5 N–H and O–H groups in total. The number of hydrogen-bond donors (Lipinski definition) is 5. The molecule has 11 heteroatoms. The van der Waals surface area contributed by atoms with E-state index in [2.05, 4.69) is 40.9 Å². The third-order valence-corrected chi connectivity index (χ3v) is 9.75. The summed E-state index contributed by atoms with van der Waals surface area (Å²) < 4.78 is 5.77. The van der Waals surface area contributed by atoms with Crippen molar-refractivity contribution in [2.75, 3.05) is 13.6 Å². The van der Waals surface area contributed by atoms with Gasteiger partial charge in [-0.1, -0.05) is 62.8 Å². The van der Waals surface area contributed by atoms with Crippen molar-refractivity contribution in [3.8, 4) is 5.75 Å². The number of aromatic hydroxyl groups is 1. The molecule has 282 valence electrons. The van der Waals surface area contributed by atoms with Crippen LogP contribution >= 0.6 is 0 Å². The van der Waals surface area contributed by atoms with E-state index in [1.807, 2.05) is 51.2 Å². The number of rotatable bonds is 9. The lowest BCUT2D eigenvalue weighted by molar-refractivity contribution is -0.149. The minimum Gasteiger partial charge on any atom is -0.508 e. The second-order valence-electron chi connectivity index (χ2n) is 14.6. The minimum absolute atomic E-state index is 0.0515. The Morgan fingerprint density at radius 1 is 0.962 bits per heavy atom. The number of benzene rings is 2. The largest absolute Gasteiger partial charge is 0.508 e. The van der Waals surface area contributed by atoms with Crippen molar-refractivity contribution in [2.24, 2.45) is 5.92 Å². The van der Waals surface area contributed by atoms with Gasteiger partial charge in [-0.15, -0.1) is 0 Å². The number of unbranched alkanes of at least 4 members (excludes halogenated alkanes) is 1. The van der Waals surface area contributed by atoms with E-state index < -0.39 is 30.0 Å². The lowest BCUT2D eigenvalue weighted by Crippen LogP contribution is -2.56. The molecule has 0 bridgehead atoms. The van der Waals surface area contributed by atoms with Crippen LogP contribution in [0.15, 0.2) is 66.4 Å². The lowest BCUT2D eigenvalue weighted by atomic mass is 9.98. The number of para-hydroxylation sites is 1. The number of H-pyrrole nitrogens is 1. The highest BCUT2D eigenvalue weighted by Gasteiger charge is 2.35. The molecule has 2 aromatic carbocycles. The van der Waals surface area contributed by atoms with Crippen molar-refractivity contribution in [1.29, 1.82) is 0 Å². The Kier molecular flexibility index (Phi) is 14.9. The number of hydrogen-bond acceptors (Lipinski definition) is 7. The fourth-order valence-corrected chi connectivity index (χ4v) is 6.70. The fraction of sp³-hybridized carbons (Fsp3) is 0.512. The van der Waals surface area contributed by atoms with Gasteiger partial charge in [0.05, 0.1) is 18.6 Å². The molecule has 4 rings (SSSR count). The van der Waals surface area contributed by atoms with Gasteiger partial charge < -0.3 is 35.7 Å². The summed E-state index contributed by atoms with van der Waals surface area (Å²) in [7, 11) is 1.60. The van der Waals surface area contributed by atoms with Crippen molar-refractivity contribution in [1.82, 2.24) is 25.8 Å². The number of phenols is 1. The van der Waals surface area contributed by atoms with Crippen LogP contribution in [0.2, 0.25) is 0 Å². The molecule has 3 amide bonds. The number of aromatic nitrogens is 1. The number of esters is 1. The van der Waals surface area contributed by atoms with Crippen LogP contribution in [-0.2, 0) is 30.3 Å². The van der Waals surface area contributed by atoms with Crippen molar-refractivity contribution in [3.63, 3.8) is 0 Å². The number of likely N-dealkylation sites (N-methyl/N-ethyl adjacent to an activating group) is 1. The van der Waals surface area contributed by atoms with Crippen molar-refractivity contribution in [3.05, 3.63) is 77.5 Å². The SMILES string of the molecule is C/C1=C\CC[C@H](C)OC(=O)C[C@H](c2ccc(O)cc2)NC(=O)[C@@H](Cc2c[nH]c3ccccc23)N(C)C(=O)[C@H](CCCCNC(C)C)NC(=O)[C@@H](C)C1. The molecule has 11 nitrogen and oxygen atoms in total. The minimum atomic E-state index is -0.993. The first-order chi connectivity index (χ1) is 24.8. The predicted molar refractivity (Wildman–Crippen MR) is 203 cm³/mol. The van der Waals surface area contributed by atoms with Gasteiger partial charge in [0.1, 0.15) is 17.8 Å². The molecule has 0 unspecified atom stereocenters. The van der Waals surface area contributed by atoms with Crippen LogP contribution in [0.5, 0.6) is 5.75 Å². The van der Waals surface area contributed by atoms with E-state index in [1.54, 1.807) is 19.2 Å². The Balaban J connectivity index is 1.72. The number of fused-ring (bicyclic) bond motifs is 1. The van der Waals surface area contributed by atoms with Gasteiger partial charge in [0, 0.05) is 42.5 Å². The number of aromatic amines is 1. The van der Waals surface area contributed by atoms with E-state index in [0.717, 1.165) is 35.0 Å². The number of cyclic esters (lactones) is 1. The summed E-state index contributed by atoms with van der Waals surface area (Å²) in [6, 6.07) is 11.8. The Morgan fingerprint density at radius 2 is 1.69 bits per heavy atom. The topological polar surface area (TPSA) is 153 Å². The van der Waals surface area contributed by atoms with Crippen LogP contribution in [-0.4, -0.2) is 76.5 Å². The maximum Gasteiger partial charge on any atom is 0.308 e. The van der Waals surface area contributed by atoms with E-state index in [-0.39, 0.29) is 42.4 Å². The highest BCUT2D eigenvalue weighted by molar-refractivity contribution is 5.93. The Bertz CT molecular complexity index is 1680. The smallest absolute Gasteiger partial charge is 0.308 e. The molecular formula is C41H57N5O6. The quantitative estimate of drug-likeness (QED) is 0.106. The molecule has 0 fully saturated rings. The molecule has 52 heavy (non-hydrogen) atoms. The van der Waals surface area contributed by atoms with Crippen molar-refractivity contribution in [2.45, 2.75) is 116 Å². The Labute approximate surface area is 308 Å². The summed E-state index contributed by atoms with van der Waals surface area (Å²) in [6.07, 6.45) is 7.29. The highest BCUT2D eigenvalue weighted by atomic mass is 16.5. The zero-order valence-electron chi connectivity index (χ0n) is 31.5. The summed E-state index contributed by atoms with van der Waals surface area (Å²) >= 11 is 0. The van der Waals surface area contributed by atoms with Gasteiger partial charge >= 0.3 is 5.97 Å². The van der Waals surface area contributed by atoms with E-state index in [4.69, 9.17) is 4.74 Å². The van der Waals surface area contributed by atoms with Crippen LogP contribution in [0.3, 0.4) is 0 Å². The molecule has 0 saturated carbocycles. The summed E-state index contributed by atoms with van der Waals surface area (Å²) in [4.78, 5) is 60.6. The van der Waals surface area contributed by atoms with Crippen LogP contribution < -0.4 is 16.0 Å². The van der Waals surface area contributed by atoms with Crippen molar-refractivity contribution < 1.29 is 29.0 Å². The molecule has 0 radical (unpaired) electrons. The van der Waals surface area contributed by atoms with Crippen molar-refractivity contribution >= 4 is 34.6 Å². The molecule has 0 spiro atoms. The second kappa shape index (κ2) is 19.3. The van der Waals surface area contributed by atoms with Gasteiger partial charge in [-0.25, -0.2) is 0 Å². The zero-order valence-corrected chi connectivity index (χ0v) is 31.5. The number of allylic oxidation sites excluding steroid dienone is 2. The van der Waals surface area contributed by atoms with Gasteiger partial charge in [-0.2, -0.15) is 0 Å². The number of amides is 3. The summed E-state index contributed by atoms with van der Waals surface area (Å²) in [5.74, 6) is -1.85. The molecule has 5 atom stereocenters. The number of carbonyl (C=O) groups is 4. The number of nitrogens with one attached hydrogen (secondary N) is 4. The van der Waals surface area contributed by atoms with Gasteiger partial charge in [-0.05, 0) is 88.2 Å². The average Bonchev–Trinajstić information content (AvgIpc) is 3.51. The van der Waals surface area contributed by atoms with Crippen LogP contribution in [0.4, 0.5) is 0 Å². The first-order valence-corrected chi connectivity index (χ1v) is 18.6.